The van der Waals surface area contributed by atoms with Crippen molar-refractivity contribution in [3.63, 3.8) is 0 Å². The Morgan fingerprint density at radius 3 is 2.00 bits per heavy atom. The van der Waals surface area contributed by atoms with E-state index in [0.717, 1.165) is 6.42 Å². The van der Waals surface area contributed by atoms with Gasteiger partial charge in [0.25, 0.3) is 0 Å². The van der Waals surface area contributed by atoms with E-state index in [9.17, 15) is 13.2 Å². The molecule has 1 saturated carbocycles. The molecule has 0 amide bonds. The van der Waals surface area contributed by atoms with Gasteiger partial charge in [0.2, 0.25) is 0 Å². The van der Waals surface area contributed by atoms with Crippen molar-refractivity contribution in [3.8, 4) is 0 Å². The highest BCUT2D eigenvalue weighted by Crippen LogP contribution is 2.38. The minimum absolute atomic E-state index is 0.0913. The van der Waals surface area contributed by atoms with Gasteiger partial charge >= 0.3 is 5.97 Å². The molecule has 0 aromatic rings. The van der Waals surface area contributed by atoms with Crippen molar-refractivity contribution in [2.75, 3.05) is 11.5 Å². The summed E-state index contributed by atoms with van der Waals surface area (Å²) in [4.78, 5) is 10.8. The van der Waals surface area contributed by atoms with Gasteiger partial charge in [-0.3, -0.25) is 4.79 Å². The van der Waals surface area contributed by atoms with E-state index in [0.29, 0.717) is 12.8 Å². The predicted molar refractivity (Wildman–Crippen MR) is 50.6 cm³/mol. The Bertz CT molecular complexity index is 326. The highest BCUT2D eigenvalue weighted by atomic mass is 32.2. The Kier molecular flexibility index (Phi) is 2.29. The van der Waals surface area contributed by atoms with Crippen LogP contribution in [0.15, 0.2) is 0 Å². The molecule has 5 heteroatoms. The molecule has 0 aromatic carbocycles. The first kappa shape index (κ1) is 9.96. The summed E-state index contributed by atoms with van der Waals surface area (Å²) in [5.41, 5.74) is 0. The van der Waals surface area contributed by atoms with E-state index in [1.807, 2.05) is 0 Å². The fraction of sp³-hybridized carbons (Fsp3) is 0.889. The zero-order chi connectivity index (χ0) is 10.3. The molecule has 2 unspecified atom stereocenters. The highest BCUT2D eigenvalue weighted by Gasteiger charge is 2.40. The van der Waals surface area contributed by atoms with E-state index in [-0.39, 0.29) is 29.3 Å². The van der Waals surface area contributed by atoms with Crippen molar-refractivity contribution < 1.29 is 18.3 Å². The quantitative estimate of drug-likeness (QED) is 0.697. The van der Waals surface area contributed by atoms with Gasteiger partial charge < -0.3 is 5.11 Å². The van der Waals surface area contributed by atoms with Crippen LogP contribution in [0.2, 0.25) is 0 Å². The summed E-state index contributed by atoms with van der Waals surface area (Å²) in [7, 11) is -2.88. The summed E-state index contributed by atoms with van der Waals surface area (Å²) < 4.78 is 22.8. The van der Waals surface area contributed by atoms with Crippen LogP contribution in [0.3, 0.4) is 0 Å². The molecule has 2 rings (SSSR count). The lowest BCUT2D eigenvalue weighted by molar-refractivity contribution is -0.143. The summed E-state index contributed by atoms with van der Waals surface area (Å²) >= 11 is 0. The van der Waals surface area contributed by atoms with Gasteiger partial charge in [0.1, 0.15) is 0 Å². The number of rotatable bonds is 1. The van der Waals surface area contributed by atoms with Gasteiger partial charge in [-0.1, -0.05) is 0 Å². The first-order valence-corrected chi connectivity index (χ1v) is 6.71. The lowest BCUT2D eigenvalue weighted by atomic mass is 9.76. The molecule has 2 aliphatic rings. The lowest BCUT2D eigenvalue weighted by Gasteiger charge is -2.36. The molecule has 2 bridgehead atoms. The first-order chi connectivity index (χ1) is 6.46. The van der Waals surface area contributed by atoms with Crippen molar-refractivity contribution >= 4 is 15.8 Å². The monoisotopic (exact) mass is 218 g/mol. The molecule has 1 saturated heterocycles. The van der Waals surface area contributed by atoms with Crippen LogP contribution >= 0.6 is 0 Å². The largest absolute Gasteiger partial charge is 0.481 e. The SMILES string of the molecule is O=C(O)C1CC2CC(C1)CS(=O)(=O)C2. The van der Waals surface area contributed by atoms with Crippen molar-refractivity contribution in [2.45, 2.75) is 19.3 Å². The van der Waals surface area contributed by atoms with Gasteiger partial charge in [-0.15, -0.1) is 0 Å². The highest BCUT2D eigenvalue weighted by molar-refractivity contribution is 7.91. The normalized spacial score (nSPS) is 40.4. The molecular formula is C9H14O4S. The fourth-order valence-electron chi connectivity index (χ4n) is 2.82. The number of sulfone groups is 1. The Morgan fingerprint density at radius 2 is 1.57 bits per heavy atom. The van der Waals surface area contributed by atoms with Crippen LogP contribution in [-0.2, 0) is 14.6 Å². The van der Waals surface area contributed by atoms with Gasteiger partial charge in [0, 0.05) is 0 Å². The molecule has 1 heterocycles. The second-order valence-corrected chi connectivity index (χ2v) is 6.71. The molecule has 0 spiro atoms. The van der Waals surface area contributed by atoms with Crippen LogP contribution in [-0.4, -0.2) is 31.0 Å². The number of aliphatic carboxylic acids is 1. The van der Waals surface area contributed by atoms with E-state index in [4.69, 9.17) is 5.11 Å². The number of hydrogen-bond donors (Lipinski definition) is 1. The zero-order valence-electron chi connectivity index (χ0n) is 7.85. The predicted octanol–water partition coefficient (Wildman–Crippen LogP) is 0.532. The summed E-state index contributed by atoms with van der Waals surface area (Å²) in [6, 6.07) is 0. The minimum Gasteiger partial charge on any atom is -0.481 e. The molecule has 0 aromatic heterocycles. The first-order valence-electron chi connectivity index (χ1n) is 4.89. The number of carboxylic acids is 1. The smallest absolute Gasteiger partial charge is 0.306 e. The third kappa shape index (κ3) is 1.92. The molecule has 4 nitrogen and oxygen atoms in total. The molecule has 1 N–H and O–H groups in total. The van der Waals surface area contributed by atoms with Gasteiger partial charge in [-0.05, 0) is 31.1 Å². The van der Waals surface area contributed by atoms with Crippen LogP contribution in [0.5, 0.6) is 0 Å². The van der Waals surface area contributed by atoms with Gasteiger partial charge in [-0.2, -0.15) is 0 Å². The standard InChI is InChI=1S/C9H14O4S/c10-9(11)8-2-6-1-7(3-8)5-14(12,13)4-6/h6-8H,1-5H2,(H,10,11). The maximum absolute atomic E-state index is 11.4. The molecule has 80 valence electrons. The molecular weight excluding hydrogens is 204 g/mol. The topological polar surface area (TPSA) is 71.4 Å². The van der Waals surface area contributed by atoms with E-state index < -0.39 is 15.8 Å². The van der Waals surface area contributed by atoms with Gasteiger partial charge in [-0.25, -0.2) is 8.42 Å². The van der Waals surface area contributed by atoms with Crippen molar-refractivity contribution in [2.24, 2.45) is 17.8 Å². The van der Waals surface area contributed by atoms with E-state index in [1.54, 1.807) is 0 Å². The Balaban J connectivity index is 2.13. The Morgan fingerprint density at radius 1 is 1.07 bits per heavy atom. The zero-order valence-corrected chi connectivity index (χ0v) is 8.66. The van der Waals surface area contributed by atoms with Crippen molar-refractivity contribution in [1.29, 1.82) is 0 Å². The van der Waals surface area contributed by atoms with E-state index in [2.05, 4.69) is 0 Å². The Hall–Kier alpha value is -0.580. The summed E-state index contributed by atoms with van der Waals surface area (Å²) in [5, 5.41) is 8.87. The third-order valence-electron chi connectivity index (χ3n) is 3.23. The number of hydrogen-bond acceptors (Lipinski definition) is 3. The summed E-state index contributed by atoms with van der Waals surface area (Å²) in [6.45, 7) is 0. The maximum atomic E-state index is 11.4. The third-order valence-corrected chi connectivity index (χ3v) is 5.19. The number of carboxylic acid groups (broad SMARTS) is 1. The number of carbonyl (C=O) groups is 1. The lowest BCUT2D eigenvalue weighted by Crippen LogP contribution is -2.39. The molecule has 1 aliphatic heterocycles. The maximum Gasteiger partial charge on any atom is 0.306 e. The van der Waals surface area contributed by atoms with E-state index >= 15 is 0 Å². The Labute approximate surface area is 83.2 Å². The minimum atomic E-state index is -2.88. The molecule has 0 radical (unpaired) electrons. The van der Waals surface area contributed by atoms with Crippen LogP contribution < -0.4 is 0 Å². The van der Waals surface area contributed by atoms with Crippen molar-refractivity contribution in [3.05, 3.63) is 0 Å². The fourth-order valence-corrected chi connectivity index (χ4v) is 4.94. The van der Waals surface area contributed by atoms with Gasteiger partial charge in [0.05, 0.1) is 17.4 Å². The average Bonchev–Trinajstić information content (AvgIpc) is 1.99. The van der Waals surface area contributed by atoms with Crippen LogP contribution in [0.1, 0.15) is 19.3 Å². The summed E-state index contributed by atoms with van der Waals surface area (Å²) in [6.07, 6.45) is 2.00. The van der Waals surface area contributed by atoms with Gasteiger partial charge in [0.15, 0.2) is 9.84 Å². The second kappa shape index (κ2) is 3.22. The second-order valence-electron chi connectivity index (χ2n) is 4.55. The van der Waals surface area contributed by atoms with E-state index in [1.165, 1.54) is 0 Å². The van der Waals surface area contributed by atoms with Crippen molar-refractivity contribution in [1.82, 2.24) is 0 Å². The van der Waals surface area contributed by atoms with Crippen LogP contribution in [0.25, 0.3) is 0 Å². The van der Waals surface area contributed by atoms with Crippen LogP contribution in [0, 0.1) is 17.8 Å². The number of fused-ring (bicyclic) bond motifs is 2. The average molecular weight is 218 g/mol. The molecule has 2 atom stereocenters. The summed E-state index contributed by atoms with van der Waals surface area (Å²) in [5.74, 6) is -0.490. The molecule has 1 aliphatic carbocycles. The molecule has 2 fully saturated rings. The molecule has 14 heavy (non-hydrogen) atoms. The van der Waals surface area contributed by atoms with Crippen LogP contribution in [0.4, 0.5) is 0 Å².